The average Bonchev–Trinajstić information content (AvgIpc) is 2.65. The highest BCUT2D eigenvalue weighted by Gasteiger charge is 2.51. The van der Waals surface area contributed by atoms with E-state index in [0.29, 0.717) is 12.8 Å². The van der Waals surface area contributed by atoms with E-state index in [1.807, 2.05) is 42.3 Å². The number of esters is 1. The highest BCUT2D eigenvalue weighted by molar-refractivity contribution is 5.87. The SMILES string of the molecule is CN1[C@@H]2CC(OC(=O)C=Cc3ccccc3)C[C@H]1C(O)C2O. The number of piperidine rings is 1. The Bertz CT molecular complexity index is 533. The van der Waals surface area contributed by atoms with Gasteiger partial charge in [0.15, 0.2) is 0 Å². The summed E-state index contributed by atoms with van der Waals surface area (Å²) in [5.74, 6) is -0.387. The molecule has 0 amide bonds. The van der Waals surface area contributed by atoms with Gasteiger partial charge in [0, 0.05) is 31.0 Å². The molecule has 2 N–H and O–H groups in total. The highest BCUT2D eigenvalue weighted by atomic mass is 16.5. The van der Waals surface area contributed by atoms with E-state index in [1.54, 1.807) is 6.08 Å². The van der Waals surface area contributed by atoms with Crippen LogP contribution in [0.15, 0.2) is 36.4 Å². The first-order chi connectivity index (χ1) is 10.6. The lowest BCUT2D eigenvalue weighted by Gasteiger charge is -2.35. The third-order valence-corrected chi connectivity index (χ3v) is 4.69. The van der Waals surface area contributed by atoms with Gasteiger partial charge in [-0.1, -0.05) is 30.3 Å². The van der Waals surface area contributed by atoms with Crippen LogP contribution in [0.1, 0.15) is 18.4 Å². The van der Waals surface area contributed by atoms with Crippen LogP contribution in [0, 0.1) is 0 Å². The van der Waals surface area contributed by atoms with Gasteiger partial charge in [0.2, 0.25) is 0 Å². The zero-order valence-electron chi connectivity index (χ0n) is 12.5. The van der Waals surface area contributed by atoms with E-state index < -0.39 is 12.2 Å². The molecular formula is C17H21NO4. The van der Waals surface area contributed by atoms with Gasteiger partial charge in [-0.2, -0.15) is 0 Å². The Hall–Kier alpha value is -1.69. The summed E-state index contributed by atoms with van der Waals surface area (Å²) in [4.78, 5) is 13.9. The van der Waals surface area contributed by atoms with Crippen LogP contribution in [0.25, 0.3) is 6.08 Å². The zero-order valence-corrected chi connectivity index (χ0v) is 12.5. The van der Waals surface area contributed by atoms with E-state index in [2.05, 4.69) is 0 Å². The summed E-state index contributed by atoms with van der Waals surface area (Å²) >= 11 is 0. The largest absolute Gasteiger partial charge is 0.459 e. The molecule has 1 aromatic carbocycles. The number of rotatable bonds is 3. The Morgan fingerprint density at radius 2 is 1.77 bits per heavy atom. The molecule has 2 fully saturated rings. The second-order valence-corrected chi connectivity index (χ2v) is 6.06. The summed E-state index contributed by atoms with van der Waals surface area (Å²) in [5.41, 5.74) is 0.939. The molecule has 2 aliphatic rings. The monoisotopic (exact) mass is 303 g/mol. The van der Waals surface area contributed by atoms with E-state index in [4.69, 9.17) is 4.74 Å². The third-order valence-electron chi connectivity index (χ3n) is 4.69. The molecule has 3 unspecified atom stereocenters. The Balaban J connectivity index is 1.58. The van der Waals surface area contributed by atoms with Crippen LogP contribution in [-0.4, -0.2) is 58.5 Å². The van der Waals surface area contributed by atoms with Gasteiger partial charge in [0.1, 0.15) is 6.10 Å². The molecule has 2 bridgehead atoms. The second kappa shape index (κ2) is 6.20. The van der Waals surface area contributed by atoms with E-state index in [1.165, 1.54) is 6.08 Å². The van der Waals surface area contributed by atoms with Gasteiger partial charge in [0.05, 0.1) is 12.2 Å². The molecule has 5 heteroatoms. The lowest BCUT2D eigenvalue weighted by molar-refractivity contribution is -0.146. The smallest absolute Gasteiger partial charge is 0.331 e. The van der Waals surface area contributed by atoms with Crippen LogP contribution in [0.5, 0.6) is 0 Å². The van der Waals surface area contributed by atoms with Crippen LogP contribution in [-0.2, 0) is 9.53 Å². The first kappa shape index (κ1) is 15.2. The highest BCUT2D eigenvalue weighted by Crippen LogP contribution is 2.36. The van der Waals surface area contributed by atoms with Crippen LogP contribution >= 0.6 is 0 Å². The maximum atomic E-state index is 11.9. The normalized spacial score (nSPS) is 35.0. The van der Waals surface area contributed by atoms with Gasteiger partial charge in [-0.05, 0) is 18.7 Å². The molecule has 0 aliphatic carbocycles. The second-order valence-electron chi connectivity index (χ2n) is 6.06. The molecule has 1 aromatic rings. The molecule has 2 aliphatic heterocycles. The van der Waals surface area contributed by atoms with Gasteiger partial charge in [-0.3, -0.25) is 4.90 Å². The summed E-state index contributed by atoms with van der Waals surface area (Å²) in [6, 6.07) is 9.25. The van der Waals surface area contributed by atoms with Crippen molar-refractivity contribution in [3.63, 3.8) is 0 Å². The topological polar surface area (TPSA) is 70.0 Å². The van der Waals surface area contributed by atoms with Gasteiger partial charge in [-0.15, -0.1) is 0 Å². The number of aliphatic hydroxyl groups is 2. The number of likely N-dealkylation sites (N-methyl/N-ethyl adjacent to an activating group) is 1. The Labute approximate surface area is 129 Å². The van der Waals surface area contributed by atoms with Crippen molar-refractivity contribution in [3.8, 4) is 0 Å². The fraction of sp³-hybridized carbons (Fsp3) is 0.471. The van der Waals surface area contributed by atoms with Crippen LogP contribution in [0.4, 0.5) is 0 Å². The minimum atomic E-state index is -0.765. The maximum Gasteiger partial charge on any atom is 0.331 e. The molecular weight excluding hydrogens is 282 g/mol. The molecule has 5 atom stereocenters. The van der Waals surface area contributed by atoms with E-state index in [0.717, 1.165) is 5.56 Å². The molecule has 2 saturated heterocycles. The number of hydrogen-bond acceptors (Lipinski definition) is 5. The van der Waals surface area contributed by atoms with Crippen LogP contribution in [0.3, 0.4) is 0 Å². The van der Waals surface area contributed by atoms with E-state index in [9.17, 15) is 15.0 Å². The van der Waals surface area contributed by atoms with Gasteiger partial charge in [-0.25, -0.2) is 4.79 Å². The Morgan fingerprint density at radius 3 is 2.36 bits per heavy atom. The predicted molar refractivity (Wildman–Crippen MR) is 81.9 cm³/mol. The first-order valence-corrected chi connectivity index (χ1v) is 7.58. The molecule has 0 aromatic heterocycles. The summed E-state index contributed by atoms with van der Waals surface area (Å²) in [5, 5.41) is 20.0. The molecule has 22 heavy (non-hydrogen) atoms. The minimum Gasteiger partial charge on any atom is -0.459 e. The van der Waals surface area contributed by atoms with Crippen molar-refractivity contribution in [2.45, 2.75) is 43.2 Å². The van der Waals surface area contributed by atoms with Crippen molar-refractivity contribution in [3.05, 3.63) is 42.0 Å². The quantitative estimate of drug-likeness (QED) is 0.639. The van der Waals surface area contributed by atoms with E-state index >= 15 is 0 Å². The summed E-state index contributed by atoms with van der Waals surface area (Å²) in [7, 11) is 1.89. The average molecular weight is 303 g/mol. The van der Waals surface area contributed by atoms with Crippen molar-refractivity contribution < 1.29 is 19.7 Å². The van der Waals surface area contributed by atoms with Crippen molar-refractivity contribution in [2.24, 2.45) is 0 Å². The third kappa shape index (κ3) is 2.92. The summed E-state index contributed by atoms with van der Waals surface area (Å²) in [6.07, 6.45) is 2.45. The number of carbonyl (C=O) groups is 1. The minimum absolute atomic E-state index is 0.148. The predicted octanol–water partition coefficient (Wildman–Crippen LogP) is 0.810. The molecule has 0 saturated carbocycles. The lowest BCUT2D eigenvalue weighted by Crippen LogP contribution is -2.45. The standard InChI is InChI=1S/C17H21NO4/c1-18-13-9-12(10-14(18)17(21)16(13)20)22-15(19)8-7-11-5-3-2-4-6-11/h2-8,12-14,16-17,20-21H,9-10H2,1H3/t12?,13-,14+,16?,17?. The number of aliphatic hydroxyl groups excluding tert-OH is 2. The van der Waals surface area contributed by atoms with Gasteiger partial charge < -0.3 is 14.9 Å². The van der Waals surface area contributed by atoms with Gasteiger partial charge in [0.25, 0.3) is 0 Å². The number of hydrogen-bond donors (Lipinski definition) is 2. The van der Waals surface area contributed by atoms with Crippen molar-refractivity contribution >= 4 is 12.0 Å². The summed E-state index contributed by atoms with van der Waals surface area (Å²) < 4.78 is 5.46. The molecule has 118 valence electrons. The van der Waals surface area contributed by atoms with Crippen LogP contribution in [0.2, 0.25) is 0 Å². The number of benzene rings is 1. The molecule has 3 rings (SSSR count). The van der Waals surface area contributed by atoms with Crippen LogP contribution < -0.4 is 0 Å². The molecule has 5 nitrogen and oxygen atoms in total. The molecule has 0 radical (unpaired) electrons. The maximum absolute atomic E-state index is 11.9. The fourth-order valence-corrected chi connectivity index (χ4v) is 3.46. The first-order valence-electron chi connectivity index (χ1n) is 7.58. The van der Waals surface area contributed by atoms with E-state index in [-0.39, 0.29) is 24.2 Å². The molecule has 2 heterocycles. The lowest BCUT2D eigenvalue weighted by atomic mass is 10.00. The zero-order chi connectivity index (χ0) is 15.7. The molecule has 0 spiro atoms. The van der Waals surface area contributed by atoms with Crippen molar-refractivity contribution in [1.29, 1.82) is 0 Å². The number of ether oxygens (including phenoxy) is 1. The fourth-order valence-electron chi connectivity index (χ4n) is 3.46. The van der Waals surface area contributed by atoms with Crippen molar-refractivity contribution in [1.82, 2.24) is 4.90 Å². The number of carbonyl (C=O) groups excluding carboxylic acids is 1. The van der Waals surface area contributed by atoms with Crippen molar-refractivity contribution in [2.75, 3.05) is 7.05 Å². The van der Waals surface area contributed by atoms with Gasteiger partial charge >= 0.3 is 5.97 Å². The summed E-state index contributed by atoms with van der Waals surface area (Å²) in [6.45, 7) is 0. The Kier molecular flexibility index (Phi) is 4.29. The number of fused-ring (bicyclic) bond motifs is 2. The Morgan fingerprint density at radius 1 is 1.18 bits per heavy atom. The number of nitrogens with zero attached hydrogens (tertiary/aromatic N) is 1.